The number of rotatable bonds is 6. The van der Waals surface area contributed by atoms with Crippen molar-refractivity contribution in [1.29, 1.82) is 0 Å². The number of carboxylic acid groups (broad SMARTS) is 1. The van der Waals surface area contributed by atoms with Crippen LogP contribution in [-0.2, 0) is 4.79 Å². The van der Waals surface area contributed by atoms with Crippen molar-refractivity contribution < 1.29 is 14.3 Å². The Hall–Kier alpha value is -1.55. The Kier molecular flexibility index (Phi) is 4.12. The fourth-order valence-corrected chi connectivity index (χ4v) is 1.42. The van der Waals surface area contributed by atoms with Crippen LogP contribution in [-0.4, -0.2) is 29.1 Å². The monoisotopic (exact) mass is 209 g/mol. The molecule has 0 saturated carbocycles. The summed E-state index contributed by atoms with van der Waals surface area (Å²) in [5.41, 5.74) is 0.970. The van der Waals surface area contributed by atoms with Gasteiger partial charge in [-0.15, -0.1) is 6.58 Å². The molecule has 1 aromatic rings. The molecule has 4 heteroatoms. The summed E-state index contributed by atoms with van der Waals surface area (Å²) in [4.78, 5) is 12.5. The van der Waals surface area contributed by atoms with Crippen LogP contribution in [0.5, 0.6) is 0 Å². The first kappa shape index (κ1) is 11.5. The van der Waals surface area contributed by atoms with Crippen LogP contribution in [0.2, 0.25) is 0 Å². The van der Waals surface area contributed by atoms with Gasteiger partial charge in [0.15, 0.2) is 0 Å². The maximum absolute atomic E-state index is 10.7. The van der Waals surface area contributed by atoms with E-state index < -0.39 is 5.97 Å². The van der Waals surface area contributed by atoms with Gasteiger partial charge in [0, 0.05) is 18.2 Å². The van der Waals surface area contributed by atoms with Gasteiger partial charge < -0.3 is 9.52 Å². The highest BCUT2D eigenvalue weighted by atomic mass is 16.4. The highest BCUT2D eigenvalue weighted by Crippen LogP contribution is 2.19. The first-order valence-corrected chi connectivity index (χ1v) is 4.74. The van der Waals surface area contributed by atoms with E-state index in [1.807, 2.05) is 13.0 Å². The molecule has 0 aliphatic carbocycles. The van der Waals surface area contributed by atoms with E-state index in [1.54, 1.807) is 23.5 Å². The molecule has 0 radical (unpaired) electrons. The van der Waals surface area contributed by atoms with Gasteiger partial charge in [0.1, 0.15) is 0 Å². The molecular formula is C11H15NO3. The molecule has 1 rings (SSSR count). The predicted molar refractivity (Wildman–Crippen MR) is 56.5 cm³/mol. The van der Waals surface area contributed by atoms with Gasteiger partial charge >= 0.3 is 5.97 Å². The molecule has 1 aromatic heterocycles. The standard InChI is InChI=1S/C11H15NO3/c1-3-5-12(7-11(13)14)9(2)10-4-6-15-8-10/h3-4,6,8-9H,1,5,7H2,2H3,(H,13,14). The third kappa shape index (κ3) is 3.25. The molecule has 0 aromatic carbocycles. The van der Waals surface area contributed by atoms with Gasteiger partial charge in [-0.05, 0) is 13.0 Å². The lowest BCUT2D eigenvalue weighted by Crippen LogP contribution is -2.32. The Morgan fingerprint density at radius 2 is 2.53 bits per heavy atom. The van der Waals surface area contributed by atoms with Gasteiger partial charge in [-0.2, -0.15) is 0 Å². The van der Waals surface area contributed by atoms with Crippen LogP contribution < -0.4 is 0 Å². The average molecular weight is 209 g/mol. The van der Waals surface area contributed by atoms with E-state index in [0.717, 1.165) is 5.56 Å². The van der Waals surface area contributed by atoms with Crippen molar-refractivity contribution in [3.63, 3.8) is 0 Å². The number of furan rings is 1. The molecule has 1 heterocycles. The summed E-state index contributed by atoms with van der Waals surface area (Å²) in [5.74, 6) is -0.841. The lowest BCUT2D eigenvalue weighted by Gasteiger charge is -2.25. The minimum absolute atomic E-state index is 0.00162. The SMILES string of the molecule is C=CCN(CC(=O)O)C(C)c1ccoc1. The molecule has 15 heavy (non-hydrogen) atoms. The molecule has 0 bridgehead atoms. The van der Waals surface area contributed by atoms with Gasteiger partial charge in [-0.25, -0.2) is 0 Å². The van der Waals surface area contributed by atoms with Gasteiger partial charge in [-0.1, -0.05) is 6.08 Å². The van der Waals surface area contributed by atoms with Crippen LogP contribution in [0.3, 0.4) is 0 Å². The summed E-state index contributed by atoms with van der Waals surface area (Å²) >= 11 is 0. The van der Waals surface area contributed by atoms with Crippen LogP contribution >= 0.6 is 0 Å². The Balaban J connectivity index is 2.70. The van der Waals surface area contributed by atoms with Gasteiger partial charge in [0.05, 0.1) is 19.1 Å². The first-order valence-electron chi connectivity index (χ1n) is 4.74. The molecule has 1 N–H and O–H groups in total. The summed E-state index contributed by atoms with van der Waals surface area (Å²) in [6.45, 7) is 6.09. The van der Waals surface area contributed by atoms with E-state index in [1.165, 1.54) is 0 Å². The van der Waals surface area contributed by atoms with Gasteiger partial charge in [0.25, 0.3) is 0 Å². The summed E-state index contributed by atoms with van der Waals surface area (Å²) in [7, 11) is 0. The third-order valence-electron chi connectivity index (χ3n) is 2.28. The minimum Gasteiger partial charge on any atom is -0.480 e. The van der Waals surface area contributed by atoms with Crippen molar-refractivity contribution in [2.24, 2.45) is 0 Å². The van der Waals surface area contributed by atoms with E-state index >= 15 is 0 Å². The highest BCUT2D eigenvalue weighted by molar-refractivity contribution is 5.69. The molecular weight excluding hydrogens is 194 g/mol. The number of hydrogen-bond donors (Lipinski definition) is 1. The fourth-order valence-electron chi connectivity index (χ4n) is 1.42. The molecule has 0 aliphatic rings. The van der Waals surface area contributed by atoms with Gasteiger partial charge in [0.2, 0.25) is 0 Å². The quantitative estimate of drug-likeness (QED) is 0.727. The Bertz CT molecular complexity index is 319. The highest BCUT2D eigenvalue weighted by Gasteiger charge is 2.17. The van der Waals surface area contributed by atoms with Crippen molar-refractivity contribution in [2.45, 2.75) is 13.0 Å². The maximum atomic E-state index is 10.7. The molecule has 0 spiro atoms. The number of carboxylic acids is 1. The second-order valence-electron chi connectivity index (χ2n) is 3.34. The summed E-state index contributed by atoms with van der Waals surface area (Å²) in [5, 5.41) is 8.76. The predicted octanol–water partition coefficient (Wildman–Crippen LogP) is 1.91. The topological polar surface area (TPSA) is 53.7 Å². The second-order valence-corrected chi connectivity index (χ2v) is 3.34. The number of nitrogens with zero attached hydrogens (tertiary/aromatic N) is 1. The normalized spacial score (nSPS) is 12.7. The largest absolute Gasteiger partial charge is 0.480 e. The zero-order valence-electron chi connectivity index (χ0n) is 8.72. The number of carbonyl (C=O) groups is 1. The van der Waals surface area contributed by atoms with Crippen molar-refractivity contribution in [3.8, 4) is 0 Å². The molecule has 82 valence electrons. The second kappa shape index (κ2) is 5.36. The number of hydrogen-bond acceptors (Lipinski definition) is 3. The molecule has 0 saturated heterocycles. The summed E-state index contributed by atoms with van der Waals surface area (Å²) < 4.78 is 4.97. The van der Waals surface area contributed by atoms with E-state index in [-0.39, 0.29) is 12.6 Å². The molecule has 1 unspecified atom stereocenters. The van der Waals surface area contributed by atoms with E-state index in [2.05, 4.69) is 6.58 Å². The van der Waals surface area contributed by atoms with Crippen LogP contribution in [0.1, 0.15) is 18.5 Å². The molecule has 0 amide bonds. The number of aliphatic carboxylic acids is 1. The zero-order valence-corrected chi connectivity index (χ0v) is 8.72. The van der Waals surface area contributed by atoms with Crippen molar-refractivity contribution in [1.82, 2.24) is 4.90 Å². The molecule has 4 nitrogen and oxygen atoms in total. The fraction of sp³-hybridized carbons (Fsp3) is 0.364. The summed E-state index contributed by atoms with van der Waals surface area (Å²) in [6.07, 6.45) is 4.90. The Morgan fingerprint density at radius 1 is 1.80 bits per heavy atom. The Labute approximate surface area is 88.8 Å². The molecule has 1 atom stereocenters. The smallest absolute Gasteiger partial charge is 0.317 e. The van der Waals surface area contributed by atoms with Crippen LogP contribution in [0.15, 0.2) is 35.7 Å². The first-order chi connectivity index (χ1) is 7.15. The summed E-state index contributed by atoms with van der Waals surface area (Å²) in [6, 6.07) is 1.85. The van der Waals surface area contributed by atoms with Crippen molar-refractivity contribution >= 4 is 5.97 Å². The van der Waals surface area contributed by atoms with E-state index in [9.17, 15) is 4.79 Å². The van der Waals surface area contributed by atoms with Gasteiger partial charge in [-0.3, -0.25) is 9.69 Å². The maximum Gasteiger partial charge on any atom is 0.317 e. The van der Waals surface area contributed by atoms with E-state index in [4.69, 9.17) is 9.52 Å². The molecule has 0 aliphatic heterocycles. The Morgan fingerprint density at radius 3 is 3.00 bits per heavy atom. The van der Waals surface area contributed by atoms with Crippen molar-refractivity contribution in [2.75, 3.05) is 13.1 Å². The lowest BCUT2D eigenvalue weighted by molar-refractivity contribution is -0.138. The van der Waals surface area contributed by atoms with Crippen LogP contribution in [0, 0.1) is 0 Å². The third-order valence-corrected chi connectivity index (χ3v) is 2.28. The molecule has 0 fully saturated rings. The minimum atomic E-state index is -0.841. The van der Waals surface area contributed by atoms with Crippen LogP contribution in [0.4, 0.5) is 0 Å². The van der Waals surface area contributed by atoms with Crippen LogP contribution in [0.25, 0.3) is 0 Å². The zero-order chi connectivity index (χ0) is 11.3. The lowest BCUT2D eigenvalue weighted by atomic mass is 10.1. The van der Waals surface area contributed by atoms with Crippen molar-refractivity contribution in [3.05, 3.63) is 36.8 Å². The van der Waals surface area contributed by atoms with E-state index in [0.29, 0.717) is 6.54 Å². The average Bonchev–Trinajstić information content (AvgIpc) is 2.68.